The maximum Gasteiger partial charge on any atom is 0.147 e. The number of rotatable bonds is 5. The van der Waals surface area contributed by atoms with Crippen molar-refractivity contribution in [3.8, 4) is 16.8 Å². The molecule has 13 rings (SSSR count). The van der Waals surface area contributed by atoms with Crippen molar-refractivity contribution >= 4 is 114 Å². The number of anilines is 3. The number of hydrogen-bond donors (Lipinski definition) is 0. The van der Waals surface area contributed by atoms with Gasteiger partial charge in [-0.2, -0.15) is 0 Å². The number of aromatic nitrogens is 1. The van der Waals surface area contributed by atoms with Crippen molar-refractivity contribution in [3.63, 3.8) is 0 Å². The zero-order valence-corrected chi connectivity index (χ0v) is 32.4. The Labute approximate surface area is 342 Å². The minimum Gasteiger partial charge on any atom is -0.456 e. The molecule has 4 heterocycles. The van der Waals surface area contributed by atoms with Crippen molar-refractivity contribution < 1.29 is 8.83 Å². The van der Waals surface area contributed by atoms with Crippen LogP contribution in [0.25, 0.3) is 103 Å². The van der Waals surface area contributed by atoms with Gasteiger partial charge >= 0.3 is 0 Å². The quantitative estimate of drug-likeness (QED) is 0.175. The van der Waals surface area contributed by atoms with Crippen molar-refractivity contribution in [1.82, 2.24) is 4.57 Å². The van der Waals surface area contributed by atoms with E-state index in [0.29, 0.717) is 0 Å². The average Bonchev–Trinajstić information content (AvgIpc) is 4.05. The molecule has 0 radical (unpaired) electrons. The molecular formula is C54H32N2O2S. The molecule has 0 aliphatic rings. The first kappa shape index (κ1) is 32.5. The van der Waals surface area contributed by atoms with Crippen LogP contribution in [0.5, 0.6) is 0 Å². The van der Waals surface area contributed by atoms with Gasteiger partial charge in [-0.3, -0.25) is 0 Å². The highest BCUT2D eigenvalue weighted by molar-refractivity contribution is 7.25. The lowest BCUT2D eigenvalue weighted by molar-refractivity contribution is 0.663. The van der Waals surface area contributed by atoms with Gasteiger partial charge in [-0.25, -0.2) is 0 Å². The summed E-state index contributed by atoms with van der Waals surface area (Å²) in [5.74, 6) is 0. The Balaban J connectivity index is 0.972. The monoisotopic (exact) mass is 772 g/mol. The van der Waals surface area contributed by atoms with Crippen molar-refractivity contribution in [2.24, 2.45) is 0 Å². The average molecular weight is 773 g/mol. The standard InChI is InChI=1S/C54H32N2O2S/c1-3-11-35(12-4-1)55(38-22-28-52-44(31-38)41-16-8-10-18-51(41)59-52)37-21-26-49-45(32-37)53-50(57-49)27-24-42-43-29-33(20-25-48(43)58-54(42)53)34-19-23-40-39-15-7-9-17-46(39)56(47(40)30-34)36-13-5-2-6-14-36/h1-32H. The van der Waals surface area contributed by atoms with E-state index < -0.39 is 0 Å². The number of furan rings is 2. The summed E-state index contributed by atoms with van der Waals surface area (Å²) in [6.07, 6.45) is 0. The van der Waals surface area contributed by atoms with Gasteiger partial charge in [0.05, 0.1) is 16.4 Å². The molecule has 0 spiro atoms. The van der Waals surface area contributed by atoms with Crippen molar-refractivity contribution in [2.45, 2.75) is 0 Å². The second-order valence-electron chi connectivity index (χ2n) is 15.3. The SMILES string of the molecule is c1ccc(N(c2ccc3sc4ccccc4c3c2)c2ccc3oc4ccc5c6cc(-c7ccc8c9ccccc9n(-c9ccccc9)c8c7)ccc6oc5c4c3c2)cc1. The maximum atomic E-state index is 6.78. The van der Waals surface area contributed by atoms with Gasteiger partial charge in [0.25, 0.3) is 0 Å². The first-order chi connectivity index (χ1) is 29.2. The van der Waals surface area contributed by atoms with E-state index in [1.165, 1.54) is 42.0 Å². The van der Waals surface area contributed by atoms with Gasteiger partial charge in [-0.05, 0) is 114 Å². The fraction of sp³-hybridized carbons (Fsp3) is 0. The maximum absolute atomic E-state index is 6.78. The van der Waals surface area contributed by atoms with Crippen LogP contribution < -0.4 is 4.90 Å². The summed E-state index contributed by atoms with van der Waals surface area (Å²) in [5.41, 5.74) is 12.4. The van der Waals surface area contributed by atoms with E-state index in [4.69, 9.17) is 8.83 Å². The topological polar surface area (TPSA) is 34.5 Å². The molecule has 9 aromatic carbocycles. The summed E-state index contributed by atoms with van der Waals surface area (Å²) in [6.45, 7) is 0. The van der Waals surface area contributed by atoms with Crippen LogP contribution in [0.2, 0.25) is 0 Å². The van der Waals surface area contributed by atoms with Crippen LogP contribution in [-0.4, -0.2) is 4.57 Å². The Kier molecular flexibility index (Phi) is 6.85. The summed E-state index contributed by atoms with van der Waals surface area (Å²) in [4.78, 5) is 2.34. The summed E-state index contributed by atoms with van der Waals surface area (Å²) in [5, 5.41) is 9.18. The van der Waals surface area contributed by atoms with E-state index in [1.54, 1.807) is 0 Å². The fourth-order valence-corrected chi connectivity index (χ4v) is 10.4. The molecule has 4 aromatic heterocycles. The van der Waals surface area contributed by atoms with Gasteiger partial charge in [0.15, 0.2) is 0 Å². The molecule has 0 N–H and O–H groups in total. The van der Waals surface area contributed by atoms with Gasteiger partial charge in [0.1, 0.15) is 22.3 Å². The number of benzene rings is 9. The third kappa shape index (κ3) is 4.89. The molecule has 0 unspecified atom stereocenters. The van der Waals surface area contributed by atoms with E-state index in [-0.39, 0.29) is 0 Å². The predicted octanol–water partition coefficient (Wildman–Crippen LogP) is 16.1. The molecular weight excluding hydrogens is 741 g/mol. The highest BCUT2D eigenvalue weighted by Gasteiger charge is 2.21. The minimum atomic E-state index is 0.806. The Morgan fingerprint density at radius 2 is 1.00 bits per heavy atom. The molecule has 0 bridgehead atoms. The van der Waals surface area contributed by atoms with Gasteiger partial charge in [0, 0.05) is 69.9 Å². The van der Waals surface area contributed by atoms with Crippen LogP contribution >= 0.6 is 11.3 Å². The largest absolute Gasteiger partial charge is 0.456 e. The van der Waals surface area contributed by atoms with Crippen LogP contribution in [0.15, 0.2) is 203 Å². The van der Waals surface area contributed by atoms with Crippen molar-refractivity contribution in [2.75, 3.05) is 4.90 Å². The van der Waals surface area contributed by atoms with Gasteiger partial charge < -0.3 is 18.3 Å². The number of fused-ring (bicyclic) bond motifs is 13. The lowest BCUT2D eigenvalue weighted by atomic mass is 10.0. The number of hydrogen-bond acceptors (Lipinski definition) is 4. The first-order valence-electron chi connectivity index (χ1n) is 19.9. The van der Waals surface area contributed by atoms with Crippen LogP contribution in [0.3, 0.4) is 0 Å². The van der Waals surface area contributed by atoms with Crippen LogP contribution in [-0.2, 0) is 0 Å². The predicted molar refractivity (Wildman–Crippen MR) is 248 cm³/mol. The van der Waals surface area contributed by atoms with E-state index in [2.05, 4.69) is 204 Å². The van der Waals surface area contributed by atoms with Crippen LogP contribution in [0.4, 0.5) is 17.1 Å². The first-order valence-corrected chi connectivity index (χ1v) is 20.7. The second kappa shape index (κ2) is 12.4. The third-order valence-electron chi connectivity index (χ3n) is 12.0. The molecule has 0 saturated carbocycles. The van der Waals surface area contributed by atoms with Gasteiger partial charge in [-0.1, -0.05) is 91.0 Å². The second-order valence-corrected chi connectivity index (χ2v) is 16.4. The molecule has 0 fully saturated rings. The highest BCUT2D eigenvalue weighted by Crippen LogP contribution is 2.45. The Morgan fingerprint density at radius 3 is 1.88 bits per heavy atom. The van der Waals surface area contributed by atoms with Crippen LogP contribution in [0.1, 0.15) is 0 Å². The Bertz CT molecular complexity index is 3800. The normalized spacial score (nSPS) is 12.1. The lowest BCUT2D eigenvalue weighted by Crippen LogP contribution is -2.09. The molecule has 276 valence electrons. The molecule has 4 nitrogen and oxygen atoms in total. The smallest absolute Gasteiger partial charge is 0.147 e. The Hall–Kier alpha value is -7.60. The van der Waals surface area contributed by atoms with Crippen molar-refractivity contribution in [3.05, 3.63) is 194 Å². The molecule has 5 heteroatoms. The summed E-state index contributed by atoms with van der Waals surface area (Å²) < 4.78 is 18.3. The van der Waals surface area contributed by atoms with Crippen LogP contribution in [0, 0.1) is 0 Å². The molecule has 0 saturated heterocycles. The lowest BCUT2D eigenvalue weighted by Gasteiger charge is -2.25. The fourth-order valence-electron chi connectivity index (χ4n) is 9.28. The summed E-state index contributed by atoms with van der Waals surface area (Å²) in [6, 6.07) is 69.5. The van der Waals surface area contributed by atoms with Crippen molar-refractivity contribution in [1.29, 1.82) is 0 Å². The molecule has 0 amide bonds. The zero-order valence-electron chi connectivity index (χ0n) is 31.6. The van der Waals surface area contributed by atoms with E-state index >= 15 is 0 Å². The minimum absolute atomic E-state index is 0.806. The van der Waals surface area contributed by atoms with E-state index in [0.717, 1.165) is 77.8 Å². The molecule has 0 atom stereocenters. The number of thiophene rings is 1. The van der Waals surface area contributed by atoms with E-state index in [9.17, 15) is 0 Å². The molecule has 0 aliphatic carbocycles. The summed E-state index contributed by atoms with van der Waals surface area (Å²) >= 11 is 1.84. The number of para-hydroxylation sites is 3. The van der Waals surface area contributed by atoms with Gasteiger partial charge in [0.2, 0.25) is 0 Å². The number of nitrogens with zero attached hydrogens (tertiary/aromatic N) is 2. The Morgan fingerprint density at radius 1 is 0.373 bits per heavy atom. The molecule has 0 aliphatic heterocycles. The molecule has 59 heavy (non-hydrogen) atoms. The summed E-state index contributed by atoms with van der Waals surface area (Å²) in [7, 11) is 0. The van der Waals surface area contributed by atoms with Gasteiger partial charge in [-0.15, -0.1) is 11.3 Å². The molecule has 13 aromatic rings. The van der Waals surface area contributed by atoms with E-state index in [1.807, 2.05) is 11.3 Å². The third-order valence-corrected chi connectivity index (χ3v) is 13.1. The zero-order chi connectivity index (χ0) is 38.6. The highest BCUT2D eigenvalue weighted by atomic mass is 32.1.